The highest BCUT2D eigenvalue weighted by Crippen LogP contribution is 2.23. The molecule has 0 spiro atoms. The van der Waals surface area contributed by atoms with Gasteiger partial charge >= 0.3 is 0 Å². The largest absolute Gasteiger partial charge is 0.339 e. The second kappa shape index (κ2) is 6.34. The first-order valence-electron chi connectivity index (χ1n) is 8.54. The van der Waals surface area contributed by atoms with E-state index >= 15 is 0 Å². The van der Waals surface area contributed by atoms with E-state index in [-0.39, 0.29) is 0 Å². The van der Waals surface area contributed by atoms with Gasteiger partial charge in [-0.3, -0.25) is 4.90 Å². The summed E-state index contributed by atoms with van der Waals surface area (Å²) in [5, 5.41) is 4.62. The van der Waals surface area contributed by atoms with Gasteiger partial charge in [-0.15, -0.1) is 0 Å². The Bertz CT molecular complexity index is 780. The molecule has 0 bridgehead atoms. The lowest BCUT2D eigenvalue weighted by Crippen LogP contribution is -2.53. The number of piperazine rings is 1. The zero-order chi connectivity index (χ0) is 16.5. The summed E-state index contributed by atoms with van der Waals surface area (Å²) in [6, 6.07) is 12.0. The molecule has 5 heteroatoms. The van der Waals surface area contributed by atoms with Gasteiger partial charge in [0.1, 0.15) is 12.0 Å². The van der Waals surface area contributed by atoms with Crippen molar-refractivity contribution in [3.8, 4) is 11.3 Å². The Morgan fingerprint density at radius 1 is 1.12 bits per heavy atom. The molecule has 0 aliphatic carbocycles. The molecule has 3 aromatic rings. The number of rotatable bonds is 3. The van der Waals surface area contributed by atoms with Crippen LogP contribution in [0.2, 0.25) is 0 Å². The van der Waals surface area contributed by atoms with Gasteiger partial charge in [0.25, 0.3) is 0 Å². The van der Waals surface area contributed by atoms with Crippen LogP contribution in [0.15, 0.2) is 42.9 Å². The van der Waals surface area contributed by atoms with Crippen molar-refractivity contribution in [1.82, 2.24) is 25.2 Å². The fraction of sp³-hybridized carbons (Fsp3) is 0.368. The highest BCUT2D eigenvalue weighted by Gasteiger charge is 2.20. The maximum absolute atomic E-state index is 4.26. The smallest absolute Gasteiger partial charge is 0.141 e. The van der Waals surface area contributed by atoms with Crippen molar-refractivity contribution in [2.45, 2.75) is 32.5 Å². The van der Waals surface area contributed by atoms with Crippen molar-refractivity contribution in [2.24, 2.45) is 0 Å². The first kappa shape index (κ1) is 15.3. The third-order valence-electron chi connectivity index (χ3n) is 4.60. The van der Waals surface area contributed by atoms with Gasteiger partial charge in [-0.2, -0.15) is 0 Å². The Morgan fingerprint density at radius 2 is 1.88 bits per heavy atom. The van der Waals surface area contributed by atoms with Gasteiger partial charge in [0.05, 0.1) is 0 Å². The Morgan fingerprint density at radius 3 is 2.58 bits per heavy atom. The standard InChI is InChI=1S/C19H23N5/c1-13-9-24(10-14(2)22-13)11-15-3-5-16(6-4-15)18-7-17-8-20-12-21-19(17)23-18/h3-8,12-14,22H,9-11H2,1-2H3,(H,20,21,23). The van der Waals surface area contributed by atoms with Crippen LogP contribution in [0, 0.1) is 0 Å². The van der Waals surface area contributed by atoms with Crippen LogP contribution in [-0.2, 0) is 6.54 Å². The normalized spacial score (nSPS) is 22.1. The average Bonchev–Trinajstić information content (AvgIpc) is 2.98. The minimum Gasteiger partial charge on any atom is -0.339 e. The lowest BCUT2D eigenvalue weighted by molar-refractivity contribution is 0.166. The first-order valence-corrected chi connectivity index (χ1v) is 8.54. The number of hydrogen-bond donors (Lipinski definition) is 2. The number of nitrogens with zero attached hydrogens (tertiary/aromatic N) is 3. The molecule has 1 fully saturated rings. The molecule has 4 rings (SSSR count). The van der Waals surface area contributed by atoms with Gasteiger partial charge in [-0.05, 0) is 31.0 Å². The minimum atomic E-state index is 0.556. The maximum atomic E-state index is 4.26. The molecule has 1 aromatic carbocycles. The SMILES string of the molecule is CC1CN(Cc2ccc(-c3cc4cncnc4[nH]3)cc2)CC(C)N1. The quantitative estimate of drug-likeness (QED) is 0.779. The number of hydrogen-bond acceptors (Lipinski definition) is 4. The lowest BCUT2D eigenvalue weighted by Gasteiger charge is -2.36. The zero-order valence-electron chi connectivity index (χ0n) is 14.2. The highest BCUT2D eigenvalue weighted by molar-refractivity contribution is 5.82. The number of aromatic nitrogens is 3. The van der Waals surface area contributed by atoms with Crippen LogP contribution in [0.25, 0.3) is 22.3 Å². The number of fused-ring (bicyclic) bond motifs is 1. The van der Waals surface area contributed by atoms with Crippen molar-refractivity contribution in [3.05, 3.63) is 48.4 Å². The monoisotopic (exact) mass is 321 g/mol. The molecule has 2 N–H and O–H groups in total. The fourth-order valence-corrected chi connectivity index (χ4v) is 3.64. The molecule has 5 nitrogen and oxygen atoms in total. The molecule has 2 atom stereocenters. The molecule has 0 saturated carbocycles. The number of aromatic amines is 1. The molecule has 1 aliphatic heterocycles. The molecule has 3 heterocycles. The van der Waals surface area contributed by atoms with E-state index in [0.717, 1.165) is 36.4 Å². The molecule has 2 aromatic heterocycles. The van der Waals surface area contributed by atoms with E-state index in [1.165, 1.54) is 11.1 Å². The maximum Gasteiger partial charge on any atom is 0.141 e. The second-order valence-electron chi connectivity index (χ2n) is 6.87. The number of benzene rings is 1. The van der Waals surface area contributed by atoms with Crippen LogP contribution in [0.1, 0.15) is 19.4 Å². The summed E-state index contributed by atoms with van der Waals surface area (Å²) >= 11 is 0. The van der Waals surface area contributed by atoms with E-state index in [1.807, 2.05) is 6.20 Å². The van der Waals surface area contributed by atoms with E-state index < -0.39 is 0 Å². The summed E-state index contributed by atoms with van der Waals surface area (Å²) in [6.45, 7) is 7.73. The van der Waals surface area contributed by atoms with E-state index in [2.05, 4.69) is 69.3 Å². The molecule has 1 aliphatic rings. The van der Waals surface area contributed by atoms with Crippen LogP contribution >= 0.6 is 0 Å². The summed E-state index contributed by atoms with van der Waals surface area (Å²) in [5.74, 6) is 0. The van der Waals surface area contributed by atoms with Gasteiger partial charge in [-0.25, -0.2) is 9.97 Å². The van der Waals surface area contributed by atoms with Gasteiger partial charge in [-0.1, -0.05) is 24.3 Å². The van der Waals surface area contributed by atoms with Gasteiger partial charge in [0.2, 0.25) is 0 Å². The van der Waals surface area contributed by atoms with Crippen molar-refractivity contribution in [3.63, 3.8) is 0 Å². The molecule has 0 radical (unpaired) electrons. The van der Waals surface area contributed by atoms with E-state index in [4.69, 9.17) is 0 Å². The summed E-state index contributed by atoms with van der Waals surface area (Å²) in [6.07, 6.45) is 3.41. The van der Waals surface area contributed by atoms with Crippen LogP contribution in [-0.4, -0.2) is 45.0 Å². The third kappa shape index (κ3) is 3.18. The Kier molecular flexibility index (Phi) is 4.04. The summed E-state index contributed by atoms with van der Waals surface area (Å²) in [4.78, 5) is 14.2. The summed E-state index contributed by atoms with van der Waals surface area (Å²) in [7, 11) is 0. The van der Waals surface area contributed by atoms with Crippen molar-refractivity contribution < 1.29 is 0 Å². The topological polar surface area (TPSA) is 56.8 Å². The number of H-pyrrole nitrogens is 1. The van der Waals surface area contributed by atoms with E-state index in [0.29, 0.717) is 12.1 Å². The Labute approximate surface area is 142 Å². The highest BCUT2D eigenvalue weighted by atomic mass is 15.2. The van der Waals surface area contributed by atoms with Gasteiger partial charge < -0.3 is 10.3 Å². The van der Waals surface area contributed by atoms with Gasteiger partial charge in [0.15, 0.2) is 0 Å². The van der Waals surface area contributed by atoms with Crippen molar-refractivity contribution >= 4 is 11.0 Å². The Balaban J connectivity index is 1.50. The van der Waals surface area contributed by atoms with E-state index in [1.54, 1.807) is 6.33 Å². The van der Waals surface area contributed by atoms with Crippen LogP contribution in [0.3, 0.4) is 0 Å². The fourth-order valence-electron chi connectivity index (χ4n) is 3.64. The van der Waals surface area contributed by atoms with Crippen LogP contribution < -0.4 is 5.32 Å². The molecule has 0 amide bonds. The predicted octanol–water partition coefficient (Wildman–Crippen LogP) is 2.81. The van der Waals surface area contributed by atoms with Gasteiger partial charge in [0, 0.05) is 49.0 Å². The average molecular weight is 321 g/mol. The third-order valence-corrected chi connectivity index (χ3v) is 4.60. The summed E-state index contributed by atoms with van der Waals surface area (Å²) in [5.41, 5.74) is 4.50. The number of nitrogens with one attached hydrogen (secondary N) is 2. The molecular weight excluding hydrogens is 298 g/mol. The van der Waals surface area contributed by atoms with Crippen LogP contribution in [0.5, 0.6) is 0 Å². The lowest BCUT2D eigenvalue weighted by atomic mass is 10.1. The predicted molar refractivity (Wildman–Crippen MR) is 96.7 cm³/mol. The molecular formula is C19H23N5. The minimum absolute atomic E-state index is 0.556. The summed E-state index contributed by atoms with van der Waals surface area (Å²) < 4.78 is 0. The van der Waals surface area contributed by atoms with E-state index in [9.17, 15) is 0 Å². The zero-order valence-corrected chi connectivity index (χ0v) is 14.2. The molecule has 24 heavy (non-hydrogen) atoms. The Hall–Kier alpha value is -2.24. The van der Waals surface area contributed by atoms with Crippen molar-refractivity contribution in [1.29, 1.82) is 0 Å². The molecule has 124 valence electrons. The second-order valence-corrected chi connectivity index (χ2v) is 6.87. The first-order chi connectivity index (χ1) is 11.7. The molecule has 2 unspecified atom stereocenters. The van der Waals surface area contributed by atoms with Crippen molar-refractivity contribution in [2.75, 3.05) is 13.1 Å². The van der Waals surface area contributed by atoms with Crippen LogP contribution in [0.4, 0.5) is 0 Å². The molecule has 1 saturated heterocycles.